The Morgan fingerprint density at radius 2 is 1.41 bits per heavy atom. The van der Waals surface area contributed by atoms with Gasteiger partial charge in [-0.15, -0.1) is 0 Å². The molecule has 0 unspecified atom stereocenters. The molecule has 0 saturated carbocycles. The molecule has 0 radical (unpaired) electrons. The summed E-state index contributed by atoms with van der Waals surface area (Å²) in [6, 6.07) is 13.9. The molecular formula is C32H25FIN5O7. The number of carbonyl (C=O) groups excluding carboxylic acids is 4. The Kier molecular flexibility index (Phi) is 8.37. The summed E-state index contributed by atoms with van der Waals surface area (Å²) in [5.74, 6) is -4.44. The number of imide groups is 1. The predicted molar refractivity (Wildman–Crippen MR) is 171 cm³/mol. The third-order valence-corrected chi connectivity index (χ3v) is 8.70. The first-order valence-electron chi connectivity index (χ1n) is 14.3. The van der Waals surface area contributed by atoms with Crippen LogP contribution in [0.4, 0.5) is 10.1 Å². The molecule has 12 nitrogen and oxygen atoms in total. The van der Waals surface area contributed by atoms with Crippen LogP contribution in [0.25, 0.3) is 10.8 Å². The molecule has 0 spiro atoms. The zero-order valence-corrected chi connectivity index (χ0v) is 26.2. The monoisotopic (exact) mass is 737 g/mol. The lowest BCUT2D eigenvalue weighted by Gasteiger charge is -2.35. The molecule has 0 atom stereocenters. The zero-order valence-electron chi connectivity index (χ0n) is 24.1. The van der Waals surface area contributed by atoms with Crippen molar-refractivity contribution in [2.45, 2.75) is 19.3 Å². The molecule has 46 heavy (non-hydrogen) atoms. The van der Waals surface area contributed by atoms with Gasteiger partial charge in [-0.2, -0.15) is 5.10 Å². The molecule has 2 saturated heterocycles. The fourth-order valence-corrected chi connectivity index (χ4v) is 6.41. The molecule has 0 bridgehead atoms. The summed E-state index contributed by atoms with van der Waals surface area (Å²) in [5, 5.41) is 17.6. The number of rotatable bonds is 6. The van der Waals surface area contributed by atoms with E-state index in [1.807, 2.05) is 22.6 Å². The molecule has 4 amide bonds. The van der Waals surface area contributed by atoms with Gasteiger partial charge >= 0.3 is 5.97 Å². The average molecular weight is 737 g/mol. The largest absolute Gasteiger partial charge is 0.478 e. The second-order valence-electron chi connectivity index (χ2n) is 10.9. The van der Waals surface area contributed by atoms with Crippen LogP contribution in [0.3, 0.4) is 0 Å². The number of H-pyrrole nitrogens is 1. The summed E-state index contributed by atoms with van der Waals surface area (Å²) in [5.41, 5.74) is -0.00979. The molecule has 3 aromatic carbocycles. The summed E-state index contributed by atoms with van der Waals surface area (Å²) in [4.78, 5) is 80.2. The number of aromatic carboxylic acids is 1. The lowest BCUT2D eigenvalue weighted by molar-refractivity contribution is -0.121. The number of amides is 4. The van der Waals surface area contributed by atoms with Gasteiger partial charge < -0.3 is 14.9 Å². The van der Waals surface area contributed by atoms with Gasteiger partial charge in [0.15, 0.2) is 0 Å². The van der Waals surface area contributed by atoms with Crippen molar-refractivity contribution < 1.29 is 33.5 Å². The fourth-order valence-electron chi connectivity index (χ4n) is 5.79. The number of fused-ring (bicyclic) bond motifs is 1. The molecule has 6 rings (SSSR count). The van der Waals surface area contributed by atoms with Gasteiger partial charge in [-0.3, -0.25) is 24.0 Å². The highest BCUT2D eigenvalue weighted by Gasteiger charge is 2.38. The SMILES string of the molecule is O=C(O)c1cc(I)cc(C(=O)N2CCN(C(=O)c3cc(Cc4n[nH]c(=O)c5ccccc45)ccc3F)CC2)c1N1C(=O)CCC1=O. The summed E-state index contributed by atoms with van der Waals surface area (Å²) >= 11 is 1.86. The third-order valence-electron chi connectivity index (χ3n) is 8.07. The highest BCUT2D eigenvalue weighted by Crippen LogP contribution is 2.33. The van der Waals surface area contributed by atoms with Gasteiger partial charge in [0.05, 0.1) is 33.5 Å². The third kappa shape index (κ3) is 5.75. The molecule has 1 aromatic heterocycles. The summed E-state index contributed by atoms with van der Waals surface area (Å²) in [6.45, 7) is 0.225. The van der Waals surface area contributed by atoms with Crippen LogP contribution in [-0.4, -0.2) is 80.9 Å². The second kappa shape index (κ2) is 12.4. The van der Waals surface area contributed by atoms with Gasteiger partial charge in [-0.1, -0.05) is 24.3 Å². The van der Waals surface area contributed by atoms with Gasteiger partial charge in [-0.05, 0) is 58.5 Å². The van der Waals surface area contributed by atoms with Gasteiger partial charge in [0.1, 0.15) is 5.82 Å². The van der Waals surface area contributed by atoms with Gasteiger partial charge in [0.25, 0.3) is 17.4 Å². The Hall–Kier alpha value is -4.99. The molecule has 2 aliphatic heterocycles. The maximum atomic E-state index is 15.0. The van der Waals surface area contributed by atoms with Crippen molar-refractivity contribution in [1.29, 1.82) is 0 Å². The summed E-state index contributed by atoms with van der Waals surface area (Å²) in [7, 11) is 0. The molecule has 234 valence electrons. The van der Waals surface area contributed by atoms with E-state index < -0.39 is 35.4 Å². The van der Waals surface area contributed by atoms with E-state index in [1.165, 1.54) is 34.1 Å². The number of aromatic amines is 1. The molecule has 2 fully saturated rings. The number of anilines is 1. The Balaban J connectivity index is 1.21. The van der Waals surface area contributed by atoms with Crippen molar-refractivity contribution in [3.63, 3.8) is 0 Å². The Morgan fingerprint density at radius 3 is 2.04 bits per heavy atom. The van der Waals surface area contributed by atoms with E-state index in [9.17, 15) is 38.3 Å². The van der Waals surface area contributed by atoms with Crippen LogP contribution in [-0.2, 0) is 16.0 Å². The first-order chi connectivity index (χ1) is 22.0. The molecule has 2 N–H and O–H groups in total. The molecule has 4 aromatic rings. The van der Waals surface area contributed by atoms with E-state index in [0.29, 0.717) is 25.6 Å². The maximum absolute atomic E-state index is 15.0. The number of hydrogen-bond donors (Lipinski definition) is 2. The van der Waals surface area contributed by atoms with Crippen molar-refractivity contribution in [3.05, 3.63) is 102 Å². The Bertz CT molecular complexity index is 2010. The lowest BCUT2D eigenvalue weighted by atomic mass is 10.0. The fraction of sp³-hybridized carbons (Fsp3) is 0.219. The minimum absolute atomic E-state index is 0.0500. The number of halogens is 2. The van der Waals surface area contributed by atoms with Crippen molar-refractivity contribution in [1.82, 2.24) is 20.0 Å². The average Bonchev–Trinajstić information content (AvgIpc) is 3.39. The van der Waals surface area contributed by atoms with Crippen molar-refractivity contribution in [2.24, 2.45) is 0 Å². The minimum atomic E-state index is -1.39. The normalized spacial score (nSPS) is 15.1. The quantitative estimate of drug-likeness (QED) is 0.226. The van der Waals surface area contributed by atoms with Crippen LogP contribution >= 0.6 is 22.6 Å². The highest BCUT2D eigenvalue weighted by atomic mass is 127. The van der Waals surface area contributed by atoms with Crippen molar-refractivity contribution in [3.8, 4) is 0 Å². The van der Waals surface area contributed by atoms with Crippen LogP contribution in [0.5, 0.6) is 0 Å². The van der Waals surface area contributed by atoms with Crippen LogP contribution < -0.4 is 10.5 Å². The van der Waals surface area contributed by atoms with Gasteiger partial charge in [0, 0.05) is 54.4 Å². The molecule has 3 heterocycles. The second-order valence-corrected chi connectivity index (χ2v) is 12.1. The zero-order chi connectivity index (χ0) is 32.7. The number of carboxylic acid groups (broad SMARTS) is 1. The number of hydrogen-bond acceptors (Lipinski definition) is 7. The van der Waals surface area contributed by atoms with Gasteiger partial charge in [-0.25, -0.2) is 19.2 Å². The summed E-state index contributed by atoms with van der Waals surface area (Å²) < 4.78 is 15.4. The lowest BCUT2D eigenvalue weighted by Crippen LogP contribution is -2.51. The Labute approximate surface area is 273 Å². The molecule has 2 aliphatic rings. The number of nitrogens with zero attached hydrogens (tertiary/aromatic N) is 4. The van der Waals surface area contributed by atoms with E-state index in [-0.39, 0.29) is 73.4 Å². The van der Waals surface area contributed by atoms with E-state index in [4.69, 9.17) is 0 Å². The number of benzene rings is 3. The van der Waals surface area contributed by atoms with Gasteiger partial charge in [0.2, 0.25) is 11.8 Å². The number of carbonyl (C=O) groups is 5. The number of piperazine rings is 1. The minimum Gasteiger partial charge on any atom is -0.478 e. The van der Waals surface area contributed by atoms with Crippen LogP contribution in [0.2, 0.25) is 0 Å². The van der Waals surface area contributed by atoms with E-state index in [1.54, 1.807) is 30.3 Å². The van der Waals surface area contributed by atoms with Crippen LogP contribution in [0.15, 0.2) is 59.4 Å². The van der Waals surface area contributed by atoms with Crippen LogP contribution in [0.1, 0.15) is 55.2 Å². The standard InChI is InChI=1S/C32H25FIN5O7/c33-24-6-5-17(14-25-19-3-1-2-4-20(19)29(42)36-35-25)13-21(24)30(43)37-9-11-38(12-10-37)31(44)22-15-18(34)16-23(32(45)46)28(22)39-26(40)7-8-27(39)41/h1-6,13,15-16H,7-12,14H2,(H,36,42)(H,45,46). The molecular weight excluding hydrogens is 712 g/mol. The maximum Gasteiger partial charge on any atom is 0.337 e. The smallest absolute Gasteiger partial charge is 0.337 e. The highest BCUT2D eigenvalue weighted by molar-refractivity contribution is 14.1. The van der Waals surface area contributed by atoms with E-state index in [0.717, 1.165) is 4.90 Å². The van der Waals surface area contributed by atoms with E-state index in [2.05, 4.69) is 10.2 Å². The van der Waals surface area contributed by atoms with Crippen LogP contribution in [0, 0.1) is 9.39 Å². The summed E-state index contributed by atoms with van der Waals surface area (Å²) in [6.07, 6.45) is 0.0563. The molecule has 14 heteroatoms. The van der Waals surface area contributed by atoms with E-state index >= 15 is 0 Å². The number of nitrogens with one attached hydrogen (secondary N) is 1. The predicted octanol–water partition coefficient (Wildman–Crippen LogP) is 3.21. The first kappa shape index (κ1) is 31.0. The van der Waals surface area contributed by atoms with Crippen molar-refractivity contribution in [2.75, 3.05) is 31.1 Å². The molecule has 0 aliphatic carbocycles. The van der Waals surface area contributed by atoms with Crippen molar-refractivity contribution >= 4 is 68.6 Å². The Morgan fingerprint density at radius 1 is 0.826 bits per heavy atom. The number of carboxylic acids is 1. The topological polar surface area (TPSA) is 161 Å². The number of aromatic nitrogens is 2. The first-order valence-corrected chi connectivity index (χ1v) is 15.4.